The number of rotatable bonds is 6. The van der Waals surface area contributed by atoms with Gasteiger partial charge in [-0.05, 0) is 46.5 Å². The van der Waals surface area contributed by atoms with E-state index in [1.807, 2.05) is 6.07 Å². The Morgan fingerprint density at radius 1 is 0.543 bits per heavy atom. The summed E-state index contributed by atoms with van der Waals surface area (Å²) in [5, 5.41) is 0. The van der Waals surface area contributed by atoms with E-state index in [-0.39, 0.29) is 0 Å². The molecule has 0 saturated carbocycles. The normalized spacial score (nSPS) is 11.0. The van der Waals surface area contributed by atoms with Gasteiger partial charge in [-0.3, -0.25) is 0 Å². The number of nitrogens with zero attached hydrogens (tertiary/aromatic N) is 2. The van der Waals surface area contributed by atoms with Crippen molar-refractivity contribution in [3.63, 3.8) is 0 Å². The lowest BCUT2D eigenvalue weighted by Crippen LogP contribution is -1.95. The Hall–Kier alpha value is -3.86. The summed E-state index contributed by atoms with van der Waals surface area (Å²) in [6.07, 6.45) is 0. The Balaban J connectivity index is 1.52. The molecule has 0 N–H and O–H groups in total. The van der Waals surface area contributed by atoms with Crippen molar-refractivity contribution in [1.29, 1.82) is 0 Å². The summed E-state index contributed by atoms with van der Waals surface area (Å²) < 4.78 is 7.24. The number of hydrogen-bond donors (Lipinski definition) is 0. The lowest BCUT2D eigenvalue weighted by atomic mass is 9.91. The fraction of sp³-hybridized carbons (Fsp3) is 0. The van der Waals surface area contributed by atoms with Gasteiger partial charge in [0.25, 0.3) is 0 Å². The SMILES string of the molecule is c1ccc(-c2cc(-c3ccccc3)c([N]Sc3nc4ccccc4s3)c(-c3ccccc3)c2)cc1. The molecule has 6 rings (SSSR count). The smallest absolute Gasteiger partial charge is 0.173 e. The van der Waals surface area contributed by atoms with Crippen LogP contribution in [-0.4, -0.2) is 4.98 Å². The van der Waals surface area contributed by atoms with E-state index in [2.05, 4.69) is 121 Å². The van der Waals surface area contributed by atoms with Crippen LogP contribution in [0.15, 0.2) is 132 Å². The molecule has 0 saturated heterocycles. The van der Waals surface area contributed by atoms with Crippen molar-refractivity contribution in [3.8, 4) is 33.4 Å². The first-order valence-electron chi connectivity index (χ1n) is 11.4. The first kappa shape index (κ1) is 21.7. The molecule has 2 nitrogen and oxygen atoms in total. The van der Waals surface area contributed by atoms with Gasteiger partial charge in [-0.25, -0.2) is 9.71 Å². The highest BCUT2D eigenvalue weighted by atomic mass is 32.2. The quantitative estimate of drug-likeness (QED) is 0.220. The number of thiazole rings is 1. The molecule has 1 heterocycles. The van der Waals surface area contributed by atoms with Crippen LogP contribution >= 0.6 is 23.3 Å². The molecule has 35 heavy (non-hydrogen) atoms. The predicted octanol–water partition coefficient (Wildman–Crippen LogP) is 9.24. The summed E-state index contributed by atoms with van der Waals surface area (Å²) >= 11 is 3.13. The minimum atomic E-state index is 0.941. The van der Waals surface area contributed by atoms with Crippen LogP contribution in [0.1, 0.15) is 0 Å². The van der Waals surface area contributed by atoms with Crippen LogP contribution < -0.4 is 4.72 Å². The Kier molecular flexibility index (Phi) is 6.06. The Labute approximate surface area is 213 Å². The second-order valence-electron chi connectivity index (χ2n) is 8.15. The van der Waals surface area contributed by atoms with Gasteiger partial charge in [-0.2, -0.15) is 0 Å². The molecule has 167 valence electrons. The van der Waals surface area contributed by atoms with Crippen LogP contribution in [0.4, 0.5) is 5.69 Å². The van der Waals surface area contributed by atoms with Gasteiger partial charge in [0.1, 0.15) is 0 Å². The van der Waals surface area contributed by atoms with Crippen molar-refractivity contribution < 1.29 is 0 Å². The fourth-order valence-electron chi connectivity index (χ4n) is 4.18. The zero-order valence-corrected chi connectivity index (χ0v) is 20.5. The van der Waals surface area contributed by atoms with Gasteiger partial charge in [0.2, 0.25) is 0 Å². The molecule has 0 unspecified atom stereocenters. The Bertz CT molecular complexity index is 1480. The van der Waals surface area contributed by atoms with Gasteiger partial charge >= 0.3 is 0 Å². The summed E-state index contributed by atoms with van der Waals surface area (Å²) in [7, 11) is 0. The predicted molar refractivity (Wildman–Crippen MR) is 150 cm³/mol. The third-order valence-electron chi connectivity index (χ3n) is 5.88. The highest BCUT2D eigenvalue weighted by molar-refractivity contribution is 7.99. The molecule has 0 aliphatic heterocycles. The summed E-state index contributed by atoms with van der Waals surface area (Å²) in [6.45, 7) is 0. The van der Waals surface area contributed by atoms with E-state index in [4.69, 9.17) is 9.71 Å². The molecule has 0 aliphatic rings. The standard InChI is InChI=1S/C31H21N2S2/c1-4-12-22(13-5-1)25-20-26(23-14-6-2-7-15-23)30(27(21-25)24-16-8-3-9-17-24)33-35-31-32-28-18-10-11-19-29(28)34-31/h1-21H. The van der Waals surface area contributed by atoms with Gasteiger partial charge in [0, 0.05) is 23.1 Å². The van der Waals surface area contributed by atoms with E-state index in [1.165, 1.54) is 27.8 Å². The van der Waals surface area contributed by atoms with Crippen molar-refractivity contribution in [2.24, 2.45) is 0 Å². The number of fused-ring (bicyclic) bond motifs is 1. The van der Waals surface area contributed by atoms with Crippen LogP contribution in [0.5, 0.6) is 0 Å². The Morgan fingerprint density at radius 2 is 1.06 bits per heavy atom. The highest BCUT2D eigenvalue weighted by Gasteiger charge is 2.18. The van der Waals surface area contributed by atoms with Crippen molar-refractivity contribution >= 4 is 39.2 Å². The molecule has 1 radical (unpaired) electrons. The summed E-state index contributed by atoms with van der Waals surface area (Å²) in [5.74, 6) is 0. The monoisotopic (exact) mass is 485 g/mol. The molecule has 0 spiro atoms. The third kappa shape index (κ3) is 4.59. The second-order valence-corrected chi connectivity index (χ2v) is 10.2. The number of benzene rings is 5. The van der Waals surface area contributed by atoms with Crippen molar-refractivity contribution in [1.82, 2.24) is 9.71 Å². The van der Waals surface area contributed by atoms with Crippen LogP contribution in [0.25, 0.3) is 43.6 Å². The average molecular weight is 486 g/mol. The maximum Gasteiger partial charge on any atom is 0.173 e. The zero-order chi connectivity index (χ0) is 23.5. The first-order chi connectivity index (χ1) is 17.3. The third-order valence-corrected chi connectivity index (χ3v) is 7.70. The average Bonchev–Trinajstić information content (AvgIpc) is 3.36. The number of aromatic nitrogens is 1. The summed E-state index contributed by atoms with van der Waals surface area (Å²) in [5.41, 5.74) is 8.85. The maximum atomic E-state index is 5.12. The van der Waals surface area contributed by atoms with E-state index in [9.17, 15) is 0 Å². The minimum Gasteiger partial charge on any atom is -0.228 e. The van der Waals surface area contributed by atoms with Gasteiger partial charge in [-0.15, -0.1) is 11.3 Å². The molecule has 6 aromatic rings. The van der Waals surface area contributed by atoms with E-state index in [0.717, 1.165) is 37.8 Å². The van der Waals surface area contributed by atoms with Gasteiger partial charge in [0.05, 0.1) is 15.9 Å². The molecular weight excluding hydrogens is 464 g/mol. The van der Waals surface area contributed by atoms with E-state index >= 15 is 0 Å². The van der Waals surface area contributed by atoms with Gasteiger partial charge < -0.3 is 0 Å². The molecule has 0 atom stereocenters. The Morgan fingerprint density at radius 3 is 1.63 bits per heavy atom. The lowest BCUT2D eigenvalue weighted by Gasteiger charge is -2.17. The second kappa shape index (κ2) is 9.79. The lowest BCUT2D eigenvalue weighted by molar-refractivity contribution is 1.27. The fourth-order valence-corrected chi connectivity index (χ4v) is 5.91. The molecule has 0 bridgehead atoms. The minimum absolute atomic E-state index is 0.941. The molecule has 5 aromatic carbocycles. The van der Waals surface area contributed by atoms with Crippen LogP contribution in [0.2, 0.25) is 0 Å². The summed E-state index contributed by atoms with van der Waals surface area (Å²) in [4.78, 5) is 4.79. The van der Waals surface area contributed by atoms with Crippen molar-refractivity contribution in [2.75, 3.05) is 0 Å². The molecule has 0 fully saturated rings. The maximum absolute atomic E-state index is 5.12. The summed E-state index contributed by atoms with van der Waals surface area (Å²) in [6, 6.07) is 44.3. The molecular formula is C31H21N2S2. The number of hydrogen-bond acceptors (Lipinski definition) is 3. The van der Waals surface area contributed by atoms with Crippen LogP contribution in [0, 0.1) is 0 Å². The molecule has 0 aliphatic carbocycles. The molecule has 0 amide bonds. The molecule has 1 aromatic heterocycles. The zero-order valence-electron chi connectivity index (χ0n) is 18.8. The van der Waals surface area contributed by atoms with E-state index in [1.54, 1.807) is 11.3 Å². The number of para-hydroxylation sites is 1. The highest BCUT2D eigenvalue weighted by Crippen LogP contribution is 2.43. The van der Waals surface area contributed by atoms with Crippen molar-refractivity contribution in [2.45, 2.75) is 4.34 Å². The van der Waals surface area contributed by atoms with Crippen LogP contribution in [-0.2, 0) is 0 Å². The largest absolute Gasteiger partial charge is 0.228 e. The topological polar surface area (TPSA) is 27.0 Å². The van der Waals surface area contributed by atoms with Gasteiger partial charge in [-0.1, -0.05) is 103 Å². The van der Waals surface area contributed by atoms with Gasteiger partial charge in [0.15, 0.2) is 4.34 Å². The van der Waals surface area contributed by atoms with E-state index in [0.29, 0.717) is 0 Å². The van der Waals surface area contributed by atoms with Crippen LogP contribution in [0.3, 0.4) is 0 Å². The molecule has 4 heteroatoms. The van der Waals surface area contributed by atoms with Crippen molar-refractivity contribution in [3.05, 3.63) is 127 Å². The first-order valence-corrected chi connectivity index (χ1v) is 13.0. The van der Waals surface area contributed by atoms with E-state index < -0.39 is 0 Å².